The van der Waals surface area contributed by atoms with Gasteiger partial charge < -0.3 is 4.74 Å². The highest BCUT2D eigenvalue weighted by Crippen LogP contribution is 2.27. The van der Waals surface area contributed by atoms with Gasteiger partial charge >= 0.3 is 6.23 Å². The van der Waals surface area contributed by atoms with Crippen LogP contribution in [0.2, 0.25) is 5.02 Å². The average Bonchev–Trinajstić information content (AvgIpc) is 2.14. The third-order valence-corrected chi connectivity index (χ3v) is 2.15. The van der Waals surface area contributed by atoms with Gasteiger partial charge in [0.05, 0.1) is 21.6 Å². The van der Waals surface area contributed by atoms with E-state index in [2.05, 4.69) is 0 Å². The molecule has 1 rings (SSSR count). The minimum Gasteiger partial charge on any atom is -0.311 e. The summed E-state index contributed by atoms with van der Waals surface area (Å²) < 4.78 is 17.9. The molecule has 0 heterocycles. The molecule has 0 saturated heterocycles. The van der Waals surface area contributed by atoms with Gasteiger partial charge in [-0.25, -0.2) is 4.39 Å². The van der Waals surface area contributed by atoms with Crippen LogP contribution in [0.3, 0.4) is 0 Å². The summed E-state index contributed by atoms with van der Waals surface area (Å²) >= 11 is 5.73. The summed E-state index contributed by atoms with van der Waals surface area (Å²) in [6.07, 6.45) is -1.69. The van der Waals surface area contributed by atoms with Crippen molar-refractivity contribution in [2.45, 2.75) is 26.2 Å². The summed E-state index contributed by atoms with van der Waals surface area (Å²) in [5.74, 6) is -0.541. The highest BCUT2D eigenvalue weighted by atomic mass is 35.5. The smallest absolute Gasteiger partial charge is 0.311 e. The maximum atomic E-state index is 12.8. The Hall–Kier alpha value is -1.20. The number of nitrogens with zero attached hydrogens (tertiary/aromatic N) is 1. The molecule has 0 amide bonds. The molecule has 0 saturated carbocycles. The van der Waals surface area contributed by atoms with Gasteiger partial charge in [0, 0.05) is 0 Å². The summed E-state index contributed by atoms with van der Waals surface area (Å²) in [7, 11) is 0. The molecule has 0 aliphatic carbocycles. The number of rotatable bonds is 4. The van der Waals surface area contributed by atoms with Crippen molar-refractivity contribution in [1.82, 2.24) is 0 Å². The van der Waals surface area contributed by atoms with E-state index in [-0.39, 0.29) is 16.7 Å². The molecule has 1 atom stereocenters. The zero-order valence-corrected chi connectivity index (χ0v) is 9.57. The van der Waals surface area contributed by atoms with Crippen molar-refractivity contribution in [2.75, 3.05) is 0 Å². The molecule has 1 aromatic carbocycles. The number of hydrogen-bond donors (Lipinski definition) is 0. The van der Waals surface area contributed by atoms with Crippen LogP contribution in [0.15, 0.2) is 18.2 Å². The van der Waals surface area contributed by atoms with Gasteiger partial charge in [-0.1, -0.05) is 11.6 Å². The molecule has 1 aromatic rings. The Balaban J connectivity index is 3.06. The number of hydrogen-bond acceptors (Lipinski definition) is 3. The third kappa shape index (κ3) is 3.15. The van der Waals surface area contributed by atoms with Crippen molar-refractivity contribution in [1.29, 1.82) is 0 Å². The first-order valence-corrected chi connectivity index (χ1v) is 5.03. The minimum atomic E-state index is -1.37. The first-order chi connectivity index (χ1) is 7.41. The lowest BCUT2D eigenvalue weighted by molar-refractivity contribution is -0.587. The molecule has 0 spiro atoms. The highest BCUT2D eigenvalue weighted by Gasteiger charge is 2.27. The number of benzene rings is 1. The summed E-state index contributed by atoms with van der Waals surface area (Å²) in [4.78, 5) is 10.2. The molecule has 0 bridgehead atoms. The van der Waals surface area contributed by atoms with Gasteiger partial charge in [0.1, 0.15) is 5.82 Å². The van der Waals surface area contributed by atoms with Crippen LogP contribution in [0.5, 0.6) is 0 Å². The van der Waals surface area contributed by atoms with Crippen molar-refractivity contribution in [3.05, 3.63) is 44.7 Å². The maximum absolute atomic E-state index is 12.8. The average molecular weight is 248 g/mol. The fourth-order valence-electron chi connectivity index (χ4n) is 1.20. The van der Waals surface area contributed by atoms with Gasteiger partial charge in [-0.2, -0.15) is 0 Å². The molecule has 0 radical (unpaired) electrons. The van der Waals surface area contributed by atoms with Crippen LogP contribution in [-0.4, -0.2) is 11.0 Å². The number of nitro groups is 1. The highest BCUT2D eigenvalue weighted by molar-refractivity contribution is 6.31. The SMILES string of the molecule is CC(C)OC(c1ccc(F)cc1Cl)[N+](=O)[O-]. The fourth-order valence-corrected chi connectivity index (χ4v) is 1.46. The van der Waals surface area contributed by atoms with Gasteiger partial charge in [-0.15, -0.1) is 0 Å². The molecular formula is C10H11ClFNO3. The fraction of sp³-hybridized carbons (Fsp3) is 0.400. The van der Waals surface area contributed by atoms with E-state index in [0.717, 1.165) is 12.1 Å². The van der Waals surface area contributed by atoms with E-state index in [1.54, 1.807) is 13.8 Å². The van der Waals surface area contributed by atoms with E-state index in [9.17, 15) is 14.5 Å². The summed E-state index contributed by atoms with van der Waals surface area (Å²) in [6.45, 7) is 3.35. The Morgan fingerprint density at radius 3 is 2.56 bits per heavy atom. The second-order valence-corrected chi connectivity index (χ2v) is 3.90. The second-order valence-electron chi connectivity index (χ2n) is 3.49. The molecule has 0 aliphatic rings. The molecule has 1 unspecified atom stereocenters. The third-order valence-electron chi connectivity index (χ3n) is 1.82. The van der Waals surface area contributed by atoms with Crippen LogP contribution in [0.25, 0.3) is 0 Å². The molecule has 0 aromatic heterocycles. The van der Waals surface area contributed by atoms with Crippen molar-refractivity contribution in [2.24, 2.45) is 0 Å². The molecule has 88 valence electrons. The van der Waals surface area contributed by atoms with Crippen LogP contribution < -0.4 is 0 Å². The van der Waals surface area contributed by atoms with E-state index in [4.69, 9.17) is 16.3 Å². The van der Waals surface area contributed by atoms with Crippen LogP contribution in [-0.2, 0) is 4.74 Å². The Labute approximate surface area is 97.1 Å². The summed E-state index contributed by atoms with van der Waals surface area (Å²) in [5, 5.41) is 10.8. The Kier molecular flexibility index (Phi) is 4.20. The molecular weight excluding hydrogens is 237 g/mol. The van der Waals surface area contributed by atoms with Crippen molar-refractivity contribution < 1.29 is 14.1 Å². The van der Waals surface area contributed by atoms with Crippen molar-refractivity contribution >= 4 is 11.6 Å². The summed E-state index contributed by atoms with van der Waals surface area (Å²) in [5.41, 5.74) is 0.154. The lowest BCUT2D eigenvalue weighted by Crippen LogP contribution is -2.18. The standard InChI is InChI=1S/C10H11ClFNO3/c1-6(2)16-10(13(14)15)8-4-3-7(12)5-9(8)11/h3-6,10H,1-2H3. The van der Waals surface area contributed by atoms with E-state index >= 15 is 0 Å². The van der Waals surface area contributed by atoms with Gasteiger partial charge in [0.15, 0.2) is 0 Å². The topological polar surface area (TPSA) is 52.4 Å². The maximum Gasteiger partial charge on any atom is 0.343 e. The van der Waals surface area contributed by atoms with E-state index in [0.29, 0.717) is 0 Å². The summed E-state index contributed by atoms with van der Waals surface area (Å²) in [6, 6.07) is 3.39. The molecule has 0 aliphatic heterocycles. The molecule has 16 heavy (non-hydrogen) atoms. The van der Waals surface area contributed by atoms with E-state index in [1.807, 2.05) is 0 Å². The van der Waals surface area contributed by atoms with Crippen LogP contribution in [0.1, 0.15) is 25.6 Å². The predicted octanol–water partition coefficient (Wildman–Crippen LogP) is 3.18. The molecule has 0 N–H and O–H groups in total. The normalized spacial score (nSPS) is 12.8. The second kappa shape index (κ2) is 5.23. The Morgan fingerprint density at radius 2 is 2.12 bits per heavy atom. The Morgan fingerprint density at radius 1 is 1.50 bits per heavy atom. The van der Waals surface area contributed by atoms with Gasteiger partial charge in [0.25, 0.3) is 0 Å². The molecule has 6 heteroatoms. The molecule has 4 nitrogen and oxygen atoms in total. The number of halogens is 2. The van der Waals surface area contributed by atoms with Crippen LogP contribution in [0.4, 0.5) is 4.39 Å². The monoisotopic (exact) mass is 247 g/mol. The van der Waals surface area contributed by atoms with Crippen molar-refractivity contribution in [3.63, 3.8) is 0 Å². The lowest BCUT2D eigenvalue weighted by Gasteiger charge is -2.14. The van der Waals surface area contributed by atoms with Gasteiger partial charge in [-0.3, -0.25) is 10.1 Å². The van der Waals surface area contributed by atoms with Crippen LogP contribution in [0, 0.1) is 15.9 Å². The quantitative estimate of drug-likeness (QED) is 0.466. The largest absolute Gasteiger partial charge is 0.343 e. The first kappa shape index (κ1) is 12.9. The van der Waals surface area contributed by atoms with Gasteiger partial charge in [-0.05, 0) is 32.0 Å². The van der Waals surface area contributed by atoms with E-state index in [1.165, 1.54) is 6.07 Å². The zero-order valence-electron chi connectivity index (χ0n) is 8.81. The minimum absolute atomic E-state index is 0.0117. The number of ether oxygens (including phenoxy) is 1. The zero-order chi connectivity index (χ0) is 12.3. The lowest BCUT2D eigenvalue weighted by atomic mass is 10.2. The Bertz CT molecular complexity index is 398. The molecule has 0 fully saturated rings. The van der Waals surface area contributed by atoms with E-state index < -0.39 is 17.0 Å². The van der Waals surface area contributed by atoms with Crippen LogP contribution >= 0.6 is 11.6 Å². The predicted molar refractivity (Wildman–Crippen MR) is 57.4 cm³/mol. The van der Waals surface area contributed by atoms with Crippen molar-refractivity contribution in [3.8, 4) is 0 Å². The van der Waals surface area contributed by atoms with Gasteiger partial charge in [0.2, 0.25) is 0 Å². The first-order valence-electron chi connectivity index (χ1n) is 4.65.